The van der Waals surface area contributed by atoms with Gasteiger partial charge in [0, 0.05) is 24.2 Å². The molecule has 0 radical (unpaired) electrons. The van der Waals surface area contributed by atoms with Crippen molar-refractivity contribution in [2.45, 2.75) is 44.4 Å². The van der Waals surface area contributed by atoms with E-state index in [4.69, 9.17) is 4.74 Å². The number of benzene rings is 1. The van der Waals surface area contributed by atoms with E-state index in [1.165, 1.54) is 12.1 Å². The summed E-state index contributed by atoms with van der Waals surface area (Å²) in [5, 5.41) is 0. The molecule has 0 aliphatic carbocycles. The van der Waals surface area contributed by atoms with Crippen LogP contribution in [0, 0.1) is 0 Å². The summed E-state index contributed by atoms with van der Waals surface area (Å²) in [4.78, 5) is 6.84. The van der Waals surface area contributed by atoms with Crippen molar-refractivity contribution >= 4 is 34.8 Å². The van der Waals surface area contributed by atoms with Crippen molar-refractivity contribution in [2.24, 2.45) is 0 Å². The van der Waals surface area contributed by atoms with E-state index >= 15 is 0 Å². The molecule has 1 atom stereocenters. The van der Waals surface area contributed by atoms with Gasteiger partial charge in [0.2, 0.25) is 15.9 Å². The van der Waals surface area contributed by atoms with Gasteiger partial charge >= 0.3 is 6.18 Å². The van der Waals surface area contributed by atoms with Crippen molar-refractivity contribution in [1.29, 1.82) is 0 Å². The van der Waals surface area contributed by atoms with Gasteiger partial charge in [-0.05, 0) is 50.0 Å². The fourth-order valence-electron chi connectivity index (χ4n) is 3.88. The van der Waals surface area contributed by atoms with Gasteiger partial charge in [-0.1, -0.05) is 30.3 Å². The molecule has 1 aromatic heterocycles. The summed E-state index contributed by atoms with van der Waals surface area (Å²) >= 11 is 0. The van der Waals surface area contributed by atoms with Crippen LogP contribution in [0.5, 0.6) is 5.88 Å². The topological polar surface area (TPSA) is 71.5 Å². The first-order valence-corrected chi connectivity index (χ1v) is 12.4. The average Bonchev–Trinajstić information content (AvgIpc) is 2.72. The van der Waals surface area contributed by atoms with Gasteiger partial charge < -0.3 is 4.74 Å². The second kappa shape index (κ2) is 12.9. The molecule has 192 valence electrons. The zero-order chi connectivity index (χ0) is 23.4. The minimum atomic E-state index is -4.72. The van der Waals surface area contributed by atoms with Crippen molar-refractivity contribution < 1.29 is 26.3 Å². The van der Waals surface area contributed by atoms with Crippen LogP contribution in [0.2, 0.25) is 0 Å². The molecule has 2 heterocycles. The lowest BCUT2D eigenvalue weighted by atomic mass is 9.92. The van der Waals surface area contributed by atoms with Gasteiger partial charge in [-0.25, -0.2) is 13.4 Å². The number of nitrogens with zero attached hydrogens (tertiary/aromatic N) is 2. The number of aromatic nitrogens is 1. The fourth-order valence-corrected chi connectivity index (χ4v) is 4.58. The molecule has 0 amide bonds. The average molecular weight is 544 g/mol. The van der Waals surface area contributed by atoms with Gasteiger partial charge in [0.05, 0.1) is 12.9 Å². The van der Waals surface area contributed by atoms with Crippen LogP contribution in [-0.2, 0) is 16.6 Å². The third-order valence-electron chi connectivity index (χ3n) is 5.42. The fraction of sp³-hybridized carbons (Fsp3) is 0.500. The number of sulfonamides is 1. The molecule has 6 nitrogen and oxygen atoms in total. The van der Waals surface area contributed by atoms with Crippen LogP contribution in [-0.4, -0.2) is 50.4 Å². The number of nitrogens with one attached hydrogen (secondary N) is 1. The Labute approximate surface area is 211 Å². The molecular weight excluding hydrogens is 514 g/mol. The second-order valence-corrected chi connectivity index (χ2v) is 9.77. The third-order valence-corrected chi connectivity index (χ3v) is 6.09. The van der Waals surface area contributed by atoms with Crippen LogP contribution in [0.1, 0.15) is 48.5 Å². The lowest BCUT2D eigenvalue weighted by molar-refractivity contribution is -0.153. The molecule has 1 fully saturated rings. The number of hydrogen-bond acceptors (Lipinski definition) is 5. The Bertz CT molecular complexity index is 1000. The molecule has 1 aliphatic rings. The molecule has 0 saturated carbocycles. The lowest BCUT2D eigenvalue weighted by Gasteiger charge is -2.32. The molecule has 1 aromatic carbocycles. The maximum absolute atomic E-state index is 13.3. The second-order valence-electron chi connectivity index (χ2n) is 7.99. The van der Waals surface area contributed by atoms with Crippen LogP contribution in [0.25, 0.3) is 0 Å². The summed E-state index contributed by atoms with van der Waals surface area (Å²) in [5.41, 5.74) is 1.77. The van der Waals surface area contributed by atoms with Crippen molar-refractivity contribution in [3.05, 3.63) is 59.3 Å². The predicted octanol–water partition coefficient (Wildman–Crippen LogP) is 4.86. The number of piperidine rings is 1. The number of pyridine rings is 1. The number of hydrogen-bond donors (Lipinski definition) is 1. The van der Waals surface area contributed by atoms with Crippen LogP contribution in [0.3, 0.4) is 0 Å². The van der Waals surface area contributed by atoms with E-state index < -0.39 is 22.2 Å². The van der Waals surface area contributed by atoms with E-state index in [2.05, 4.69) is 9.88 Å². The Morgan fingerprint density at radius 1 is 1.12 bits per heavy atom. The van der Waals surface area contributed by atoms with Crippen molar-refractivity contribution in [2.75, 3.05) is 26.0 Å². The molecule has 1 N–H and O–H groups in total. The van der Waals surface area contributed by atoms with Gasteiger partial charge in [0.15, 0.2) is 0 Å². The molecule has 12 heteroatoms. The smallest absolute Gasteiger partial charge is 0.408 e. The molecule has 1 aliphatic heterocycles. The van der Waals surface area contributed by atoms with Crippen molar-refractivity contribution in [1.82, 2.24) is 14.6 Å². The Hall–Kier alpha value is -1.59. The van der Waals surface area contributed by atoms with Crippen molar-refractivity contribution in [3.8, 4) is 5.88 Å². The largest absolute Gasteiger partial charge is 0.478 e. The molecule has 2 aromatic rings. The molecule has 0 bridgehead atoms. The van der Waals surface area contributed by atoms with E-state index in [1.54, 1.807) is 16.9 Å². The van der Waals surface area contributed by atoms with Crippen LogP contribution < -0.4 is 9.46 Å². The van der Waals surface area contributed by atoms with Gasteiger partial charge in [-0.3, -0.25) is 4.90 Å². The number of ether oxygens (including phenoxy) is 1. The van der Waals surface area contributed by atoms with Crippen LogP contribution in [0.4, 0.5) is 13.2 Å². The minimum absolute atomic E-state index is 0. The predicted molar refractivity (Wildman–Crippen MR) is 130 cm³/mol. The Balaban J connectivity index is 0.00000289. The Morgan fingerprint density at radius 3 is 2.26 bits per heavy atom. The first kappa shape index (κ1) is 30.4. The summed E-state index contributed by atoms with van der Waals surface area (Å²) in [5.74, 6) is 0.985. The molecule has 34 heavy (non-hydrogen) atoms. The molecule has 0 spiro atoms. The maximum Gasteiger partial charge on any atom is 0.408 e. The number of halogens is 5. The maximum atomic E-state index is 13.3. The zero-order valence-corrected chi connectivity index (χ0v) is 21.4. The summed E-state index contributed by atoms with van der Waals surface area (Å²) in [6, 6.07) is 9.47. The van der Waals surface area contributed by atoms with E-state index in [0.29, 0.717) is 31.2 Å². The Morgan fingerprint density at radius 2 is 1.74 bits per heavy atom. The quantitative estimate of drug-likeness (QED) is 0.515. The lowest BCUT2D eigenvalue weighted by Crippen LogP contribution is -2.37. The third kappa shape index (κ3) is 8.88. The summed E-state index contributed by atoms with van der Waals surface area (Å²) in [6.45, 7) is 4.82. The highest BCUT2D eigenvalue weighted by Gasteiger charge is 2.42. The van der Waals surface area contributed by atoms with Crippen LogP contribution in [0.15, 0.2) is 42.5 Å². The highest BCUT2D eigenvalue weighted by Crippen LogP contribution is 2.34. The Kier molecular flexibility index (Phi) is 11.6. The van der Waals surface area contributed by atoms with Gasteiger partial charge in [0.1, 0.15) is 6.04 Å². The normalized spacial score (nSPS) is 16.3. The number of rotatable bonds is 8. The standard InChI is InChI=1S/C22H28F3N3O3S.2ClH/c1-3-31-20-6-4-5-19(26-20)17-11-13-28(14-12-17)15-16-7-9-18(10-8-16)21(22(23,24)25)27-32(2,29)30;;/h4-10,17,21,27H,3,11-15H2,1-2H3;2*1H/t21-;;/m0../s1. The van der Waals surface area contributed by atoms with Gasteiger partial charge in [-0.2, -0.15) is 17.9 Å². The minimum Gasteiger partial charge on any atom is -0.478 e. The summed E-state index contributed by atoms with van der Waals surface area (Å²) in [6.07, 6.45) is -2.13. The number of likely N-dealkylation sites (tertiary alicyclic amines) is 1. The monoisotopic (exact) mass is 543 g/mol. The zero-order valence-electron chi connectivity index (χ0n) is 18.9. The molecule has 3 rings (SSSR count). The van der Waals surface area contributed by atoms with Gasteiger partial charge in [0.25, 0.3) is 0 Å². The number of alkyl halides is 3. The first-order valence-electron chi connectivity index (χ1n) is 10.5. The van der Waals surface area contributed by atoms with Crippen LogP contribution >= 0.6 is 24.8 Å². The van der Waals surface area contributed by atoms with Gasteiger partial charge in [-0.15, -0.1) is 24.8 Å². The summed E-state index contributed by atoms with van der Waals surface area (Å²) in [7, 11) is -4.01. The highest BCUT2D eigenvalue weighted by molar-refractivity contribution is 7.88. The van der Waals surface area contributed by atoms with Crippen molar-refractivity contribution in [3.63, 3.8) is 0 Å². The first-order chi connectivity index (χ1) is 15.0. The highest BCUT2D eigenvalue weighted by atomic mass is 35.5. The van der Waals surface area contributed by atoms with E-state index in [1.807, 2.05) is 25.1 Å². The van der Waals surface area contributed by atoms with E-state index in [0.717, 1.165) is 37.2 Å². The molecular formula is C22H30Cl2F3N3O3S. The molecule has 1 saturated heterocycles. The molecule has 0 unspecified atom stereocenters. The SMILES string of the molecule is CCOc1cccc(C2CCN(Cc3ccc([C@H](NS(C)(=O)=O)C(F)(F)F)cc3)CC2)n1.Cl.Cl. The van der Waals surface area contributed by atoms with E-state index in [9.17, 15) is 21.6 Å². The summed E-state index contributed by atoms with van der Waals surface area (Å²) < 4.78 is 69.8. The van der Waals surface area contributed by atoms with E-state index in [-0.39, 0.29) is 30.4 Å².